The van der Waals surface area contributed by atoms with Crippen LogP contribution in [0.25, 0.3) is 12.2 Å². The zero-order valence-corrected chi connectivity index (χ0v) is 12.4. The van der Waals surface area contributed by atoms with E-state index in [1.807, 2.05) is 18.2 Å². The van der Waals surface area contributed by atoms with Crippen LogP contribution in [-0.2, 0) is 4.74 Å². The number of carbonyl (C=O) groups is 1. The molecule has 0 saturated heterocycles. The lowest BCUT2D eigenvalue weighted by atomic mass is 10.2. The molecule has 1 aromatic carbocycles. The van der Waals surface area contributed by atoms with Gasteiger partial charge in [-0.2, -0.15) is 0 Å². The Bertz CT molecular complexity index is 806. The van der Waals surface area contributed by atoms with E-state index in [9.17, 15) is 4.79 Å². The van der Waals surface area contributed by atoms with Crippen molar-refractivity contribution in [2.45, 2.75) is 0 Å². The predicted octanol–water partition coefficient (Wildman–Crippen LogP) is 3.80. The van der Waals surface area contributed by atoms with E-state index in [4.69, 9.17) is 15.6 Å². The number of furan rings is 1. The number of ether oxygens (including phenoxy) is 1. The average molecular weight is 302 g/mol. The molecule has 0 unspecified atom stereocenters. The molecule has 0 aliphatic carbocycles. The number of terminal acetylenes is 1. The van der Waals surface area contributed by atoms with Crippen molar-refractivity contribution in [2.24, 2.45) is 0 Å². The van der Waals surface area contributed by atoms with E-state index in [2.05, 4.69) is 17.8 Å². The van der Waals surface area contributed by atoms with Crippen molar-refractivity contribution in [1.29, 1.82) is 0 Å². The van der Waals surface area contributed by atoms with E-state index in [1.54, 1.807) is 48.6 Å². The summed E-state index contributed by atoms with van der Waals surface area (Å²) in [6.07, 6.45) is 11.8. The summed E-state index contributed by atoms with van der Waals surface area (Å²) < 4.78 is 10.7. The third kappa shape index (κ3) is 5.46. The second kappa shape index (κ2) is 8.77. The van der Waals surface area contributed by atoms with Crippen LogP contribution < -0.4 is 0 Å². The number of rotatable bonds is 5. The Balaban J connectivity index is 1.82. The molecule has 0 aliphatic heterocycles. The van der Waals surface area contributed by atoms with Gasteiger partial charge < -0.3 is 9.15 Å². The van der Waals surface area contributed by atoms with Crippen LogP contribution in [-0.4, -0.2) is 12.6 Å². The fraction of sp³-hybridized carbons (Fsp3) is 0.0500. The van der Waals surface area contributed by atoms with E-state index < -0.39 is 0 Å². The molecular formula is C20H14O3. The van der Waals surface area contributed by atoms with Gasteiger partial charge in [-0.1, -0.05) is 24.1 Å². The molecule has 0 atom stereocenters. The summed E-state index contributed by atoms with van der Waals surface area (Å²) >= 11 is 0. The normalized spacial score (nSPS) is 10.2. The summed E-state index contributed by atoms with van der Waals surface area (Å²) in [6.45, 7) is 0.174. The zero-order chi connectivity index (χ0) is 16.3. The fourth-order valence-corrected chi connectivity index (χ4v) is 1.70. The van der Waals surface area contributed by atoms with E-state index >= 15 is 0 Å². The Hall–Kier alpha value is -3.43. The van der Waals surface area contributed by atoms with Crippen LogP contribution >= 0.6 is 0 Å². The first kappa shape index (κ1) is 15.9. The molecule has 0 N–H and O–H groups in total. The number of hydrogen-bond acceptors (Lipinski definition) is 3. The zero-order valence-electron chi connectivity index (χ0n) is 12.4. The molecule has 0 saturated carbocycles. The van der Waals surface area contributed by atoms with Gasteiger partial charge in [-0.3, -0.25) is 0 Å². The predicted molar refractivity (Wildman–Crippen MR) is 90.1 cm³/mol. The van der Waals surface area contributed by atoms with Crippen molar-refractivity contribution in [2.75, 3.05) is 6.61 Å². The number of hydrogen-bond donors (Lipinski definition) is 0. The molecule has 0 aliphatic rings. The van der Waals surface area contributed by atoms with Crippen molar-refractivity contribution >= 4 is 18.1 Å². The molecule has 1 heterocycles. The Morgan fingerprint density at radius 2 is 1.87 bits per heavy atom. The minimum Gasteiger partial charge on any atom is -0.458 e. The van der Waals surface area contributed by atoms with Crippen molar-refractivity contribution in [3.8, 4) is 24.2 Å². The molecule has 3 nitrogen and oxygen atoms in total. The van der Waals surface area contributed by atoms with Crippen LogP contribution in [0.15, 0.2) is 59.0 Å². The summed E-state index contributed by atoms with van der Waals surface area (Å²) in [5, 5.41) is 0. The van der Waals surface area contributed by atoms with Gasteiger partial charge in [-0.05, 0) is 60.4 Å². The van der Waals surface area contributed by atoms with Gasteiger partial charge in [0.05, 0.1) is 5.56 Å². The van der Waals surface area contributed by atoms with Gasteiger partial charge >= 0.3 is 5.97 Å². The van der Waals surface area contributed by atoms with Gasteiger partial charge in [0.2, 0.25) is 0 Å². The molecule has 3 heteroatoms. The second-order valence-electron chi connectivity index (χ2n) is 4.35. The Kier molecular flexibility index (Phi) is 6.08. The molecule has 0 bridgehead atoms. The topological polar surface area (TPSA) is 39.4 Å². The summed E-state index contributed by atoms with van der Waals surface area (Å²) in [4.78, 5) is 11.7. The number of benzene rings is 1. The van der Waals surface area contributed by atoms with Gasteiger partial charge in [-0.25, -0.2) is 4.79 Å². The van der Waals surface area contributed by atoms with Crippen molar-refractivity contribution in [3.05, 3.63) is 71.7 Å². The highest BCUT2D eigenvalue weighted by Gasteiger charge is 2.03. The lowest BCUT2D eigenvalue weighted by Crippen LogP contribution is -2.04. The number of esters is 1. The SMILES string of the molecule is C#CC#C/C=C/c1ccc(/C=C/COC(=O)c2ccccc2)o1. The lowest BCUT2D eigenvalue weighted by Gasteiger charge is -2.00. The van der Waals surface area contributed by atoms with Crippen molar-refractivity contribution in [3.63, 3.8) is 0 Å². The monoisotopic (exact) mass is 302 g/mol. The minimum atomic E-state index is -0.356. The Morgan fingerprint density at radius 3 is 2.61 bits per heavy atom. The molecule has 0 amide bonds. The molecule has 0 radical (unpaired) electrons. The minimum absolute atomic E-state index is 0.174. The maximum Gasteiger partial charge on any atom is 0.338 e. The summed E-state index contributed by atoms with van der Waals surface area (Å²) in [7, 11) is 0. The first-order valence-corrected chi connectivity index (χ1v) is 6.91. The molecule has 2 rings (SSSR count). The standard InChI is InChI=1S/C20H14O3/c1-2-3-4-8-12-18-14-15-19(23-18)13-9-16-22-20(21)17-10-6-5-7-11-17/h1,5-15H,16H2/b12-8+,13-9+. The fourth-order valence-electron chi connectivity index (χ4n) is 1.70. The molecule has 0 spiro atoms. The van der Waals surface area contributed by atoms with E-state index in [0.29, 0.717) is 17.1 Å². The summed E-state index contributed by atoms with van der Waals surface area (Å²) in [5.74, 6) is 8.33. The smallest absolute Gasteiger partial charge is 0.338 e. The number of carbonyl (C=O) groups excluding carboxylic acids is 1. The van der Waals surface area contributed by atoms with E-state index in [1.165, 1.54) is 0 Å². The van der Waals surface area contributed by atoms with Gasteiger partial charge in [0, 0.05) is 0 Å². The van der Waals surface area contributed by atoms with Gasteiger partial charge in [0.1, 0.15) is 18.1 Å². The molecule has 1 aromatic heterocycles. The first-order chi connectivity index (χ1) is 11.3. The second-order valence-corrected chi connectivity index (χ2v) is 4.35. The van der Waals surface area contributed by atoms with Crippen molar-refractivity contribution in [1.82, 2.24) is 0 Å². The molecule has 2 aromatic rings. The quantitative estimate of drug-likeness (QED) is 0.623. The lowest BCUT2D eigenvalue weighted by molar-refractivity contribution is 0.0550. The first-order valence-electron chi connectivity index (χ1n) is 6.91. The van der Waals surface area contributed by atoms with Crippen LogP contribution in [0.3, 0.4) is 0 Å². The van der Waals surface area contributed by atoms with Gasteiger partial charge in [-0.15, -0.1) is 6.42 Å². The van der Waals surface area contributed by atoms with Crippen LogP contribution in [0, 0.1) is 24.2 Å². The van der Waals surface area contributed by atoms with Crippen LogP contribution in [0.2, 0.25) is 0 Å². The average Bonchev–Trinajstić information content (AvgIpc) is 3.04. The number of allylic oxidation sites excluding steroid dienone is 1. The van der Waals surface area contributed by atoms with Gasteiger partial charge in [0.15, 0.2) is 0 Å². The third-order valence-corrected chi connectivity index (χ3v) is 2.73. The highest BCUT2D eigenvalue weighted by molar-refractivity contribution is 5.89. The Morgan fingerprint density at radius 1 is 1.13 bits per heavy atom. The third-order valence-electron chi connectivity index (χ3n) is 2.73. The van der Waals surface area contributed by atoms with E-state index in [0.717, 1.165) is 0 Å². The Labute approximate surface area is 135 Å². The maximum absolute atomic E-state index is 11.7. The summed E-state index contributed by atoms with van der Waals surface area (Å²) in [6, 6.07) is 12.5. The molecule has 0 fully saturated rings. The van der Waals surface area contributed by atoms with Gasteiger partial charge in [0.25, 0.3) is 0 Å². The molecule has 112 valence electrons. The molecular weight excluding hydrogens is 288 g/mol. The van der Waals surface area contributed by atoms with Crippen LogP contribution in [0.4, 0.5) is 0 Å². The summed E-state index contributed by atoms with van der Waals surface area (Å²) in [5.41, 5.74) is 0.527. The van der Waals surface area contributed by atoms with Crippen molar-refractivity contribution < 1.29 is 13.9 Å². The van der Waals surface area contributed by atoms with Crippen LogP contribution in [0.5, 0.6) is 0 Å². The van der Waals surface area contributed by atoms with E-state index in [-0.39, 0.29) is 12.6 Å². The van der Waals surface area contributed by atoms with Crippen LogP contribution in [0.1, 0.15) is 21.9 Å². The molecule has 23 heavy (non-hydrogen) atoms. The maximum atomic E-state index is 11.7. The highest BCUT2D eigenvalue weighted by Crippen LogP contribution is 2.11. The largest absolute Gasteiger partial charge is 0.458 e. The highest BCUT2D eigenvalue weighted by atomic mass is 16.5.